The number of rotatable bonds is 7. The number of hydrogen-bond acceptors (Lipinski definition) is 6. The number of piperazine rings is 1. The summed E-state index contributed by atoms with van der Waals surface area (Å²) in [4.78, 5) is 29.7. The molecule has 8 nitrogen and oxygen atoms in total. The maximum absolute atomic E-state index is 12.7. The molecule has 0 bridgehead atoms. The van der Waals surface area contributed by atoms with Crippen LogP contribution in [0, 0.1) is 0 Å². The van der Waals surface area contributed by atoms with Gasteiger partial charge in [0.1, 0.15) is 0 Å². The molecule has 2 N–H and O–H groups in total. The van der Waals surface area contributed by atoms with Crippen LogP contribution in [0.3, 0.4) is 0 Å². The van der Waals surface area contributed by atoms with Gasteiger partial charge in [-0.1, -0.05) is 42.5 Å². The number of amides is 2. The van der Waals surface area contributed by atoms with E-state index in [1.807, 2.05) is 30.3 Å². The van der Waals surface area contributed by atoms with Crippen LogP contribution >= 0.6 is 0 Å². The van der Waals surface area contributed by atoms with Gasteiger partial charge in [-0.2, -0.15) is 0 Å². The summed E-state index contributed by atoms with van der Waals surface area (Å²) in [5.41, 5.74) is 1.92. The number of benzene rings is 2. The van der Waals surface area contributed by atoms with Gasteiger partial charge in [0, 0.05) is 38.8 Å². The number of anilines is 1. The number of carbonyl (C=O) groups is 2. The zero-order valence-corrected chi connectivity index (χ0v) is 19.4. The first-order chi connectivity index (χ1) is 15.9. The second kappa shape index (κ2) is 10.5. The molecule has 176 valence electrons. The molecule has 1 atom stereocenters. The van der Waals surface area contributed by atoms with Crippen LogP contribution in [-0.2, 0) is 21.2 Å². The van der Waals surface area contributed by atoms with Gasteiger partial charge >= 0.3 is 0 Å². The standard InChI is InChI=1S/C24H30N4O4S/c29-23(17-27-11-13-28(14-12-27)20-10-15-33(31,32)18-20)26-22-9-5-4-8-21(22)24(30)25-16-19-6-2-1-3-7-19/h1-9,20H,10-18H2,(H,25,30)(H,26,29)/t20-/m1/s1. The summed E-state index contributed by atoms with van der Waals surface area (Å²) in [7, 11) is -2.90. The highest BCUT2D eigenvalue weighted by molar-refractivity contribution is 7.91. The summed E-state index contributed by atoms with van der Waals surface area (Å²) in [6.07, 6.45) is 0.700. The summed E-state index contributed by atoms with van der Waals surface area (Å²) < 4.78 is 23.5. The summed E-state index contributed by atoms with van der Waals surface area (Å²) in [6.45, 7) is 3.58. The number of nitrogens with one attached hydrogen (secondary N) is 2. The first-order valence-corrected chi connectivity index (χ1v) is 13.1. The van der Waals surface area contributed by atoms with E-state index in [-0.39, 0.29) is 35.9 Å². The van der Waals surface area contributed by atoms with Crippen LogP contribution in [0.1, 0.15) is 22.3 Å². The van der Waals surface area contributed by atoms with Crippen LogP contribution in [-0.4, -0.2) is 80.3 Å². The Morgan fingerprint density at radius 1 is 0.939 bits per heavy atom. The van der Waals surface area contributed by atoms with Crippen molar-refractivity contribution >= 4 is 27.3 Å². The van der Waals surface area contributed by atoms with Gasteiger partial charge in [-0.05, 0) is 24.1 Å². The minimum atomic E-state index is -2.90. The lowest BCUT2D eigenvalue weighted by molar-refractivity contribution is -0.117. The smallest absolute Gasteiger partial charge is 0.253 e. The molecular formula is C24H30N4O4S. The Hall–Kier alpha value is -2.75. The second-order valence-corrected chi connectivity index (χ2v) is 10.9. The van der Waals surface area contributed by atoms with E-state index in [1.165, 1.54) is 0 Å². The monoisotopic (exact) mass is 470 g/mol. The predicted molar refractivity (Wildman–Crippen MR) is 128 cm³/mol. The predicted octanol–water partition coefficient (Wildman–Crippen LogP) is 1.36. The summed E-state index contributed by atoms with van der Waals surface area (Å²) in [5, 5.41) is 5.78. The average molecular weight is 471 g/mol. The molecule has 2 fully saturated rings. The van der Waals surface area contributed by atoms with E-state index < -0.39 is 9.84 Å². The molecule has 2 aliphatic heterocycles. The topological polar surface area (TPSA) is 98.8 Å². The molecule has 0 aliphatic carbocycles. The van der Waals surface area contributed by atoms with Crippen molar-refractivity contribution in [3.63, 3.8) is 0 Å². The Kier molecular flexibility index (Phi) is 7.42. The molecule has 33 heavy (non-hydrogen) atoms. The van der Waals surface area contributed by atoms with E-state index in [0.717, 1.165) is 18.7 Å². The van der Waals surface area contributed by atoms with Gasteiger partial charge in [0.25, 0.3) is 5.91 Å². The largest absolute Gasteiger partial charge is 0.348 e. The molecule has 2 heterocycles. The lowest BCUT2D eigenvalue weighted by atomic mass is 10.1. The zero-order valence-electron chi connectivity index (χ0n) is 18.6. The highest BCUT2D eigenvalue weighted by atomic mass is 32.2. The summed E-state index contributed by atoms with van der Waals surface area (Å²) in [6, 6.07) is 16.8. The Bertz CT molecular complexity index is 1080. The van der Waals surface area contributed by atoms with Crippen molar-refractivity contribution in [3.8, 4) is 0 Å². The third-order valence-corrected chi connectivity index (χ3v) is 7.99. The van der Waals surface area contributed by atoms with Crippen molar-refractivity contribution in [2.24, 2.45) is 0 Å². The van der Waals surface area contributed by atoms with Crippen LogP contribution in [0.5, 0.6) is 0 Å². The second-order valence-electron chi connectivity index (χ2n) is 8.63. The van der Waals surface area contributed by atoms with Crippen molar-refractivity contribution in [1.82, 2.24) is 15.1 Å². The van der Waals surface area contributed by atoms with Crippen molar-refractivity contribution in [2.45, 2.75) is 19.0 Å². The third-order valence-electron chi connectivity index (χ3n) is 6.24. The number of sulfone groups is 1. The number of para-hydroxylation sites is 1. The fraction of sp³-hybridized carbons (Fsp3) is 0.417. The van der Waals surface area contributed by atoms with Crippen molar-refractivity contribution < 1.29 is 18.0 Å². The van der Waals surface area contributed by atoms with E-state index >= 15 is 0 Å². The van der Waals surface area contributed by atoms with E-state index in [9.17, 15) is 18.0 Å². The first-order valence-electron chi connectivity index (χ1n) is 11.3. The van der Waals surface area contributed by atoms with Crippen LogP contribution in [0.15, 0.2) is 54.6 Å². The normalized spacial score (nSPS) is 20.9. The highest BCUT2D eigenvalue weighted by Crippen LogP contribution is 2.19. The molecule has 9 heteroatoms. The minimum Gasteiger partial charge on any atom is -0.348 e. The van der Waals surface area contributed by atoms with E-state index in [2.05, 4.69) is 20.4 Å². The molecule has 4 rings (SSSR count). The molecule has 0 unspecified atom stereocenters. The molecule has 0 spiro atoms. The van der Waals surface area contributed by atoms with Gasteiger partial charge < -0.3 is 10.6 Å². The summed E-state index contributed by atoms with van der Waals surface area (Å²) >= 11 is 0. The molecule has 2 aliphatic rings. The summed E-state index contributed by atoms with van der Waals surface area (Å²) in [5.74, 6) is 0.111. The quantitative estimate of drug-likeness (QED) is 0.634. The maximum Gasteiger partial charge on any atom is 0.253 e. The Balaban J connectivity index is 1.27. The lowest BCUT2D eigenvalue weighted by Crippen LogP contribution is -2.52. The molecular weight excluding hydrogens is 440 g/mol. The van der Waals surface area contributed by atoms with Gasteiger partial charge in [0.2, 0.25) is 5.91 Å². The highest BCUT2D eigenvalue weighted by Gasteiger charge is 2.33. The Labute approximate surface area is 194 Å². The van der Waals surface area contributed by atoms with Crippen LogP contribution in [0.4, 0.5) is 5.69 Å². The molecule has 2 amide bonds. The maximum atomic E-state index is 12.7. The number of hydrogen-bond donors (Lipinski definition) is 2. The Morgan fingerprint density at radius 2 is 1.64 bits per heavy atom. The van der Waals surface area contributed by atoms with Crippen LogP contribution in [0.25, 0.3) is 0 Å². The van der Waals surface area contributed by atoms with Gasteiger partial charge in [-0.25, -0.2) is 8.42 Å². The SMILES string of the molecule is O=C(CN1CCN([C@@H]2CCS(=O)(=O)C2)CC1)Nc1ccccc1C(=O)NCc1ccccc1. The van der Waals surface area contributed by atoms with Crippen molar-refractivity contribution in [3.05, 3.63) is 65.7 Å². The van der Waals surface area contributed by atoms with E-state index in [0.29, 0.717) is 37.3 Å². The van der Waals surface area contributed by atoms with E-state index in [4.69, 9.17) is 0 Å². The van der Waals surface area contributed by atoms with Gasteiger partial charge in [0.05, 0.1) is 29.3 Å². The van der Waals surface area contributed by atoms with E-state index in [1.54, 1.807) is 24.3 Å². The Morgan fingerprint density at radius 3 is 2.33 bits per heavy atom. The van der Waals surface area contributed by atoms with Crippen LogP contribution < -0.4 is 10.6 Å². The fourth-order valence-corrected chi connectivity index (χ4v) is 6.17. The third kappa shape index (κ3) is 6.40. The fourth-order valence-electron chi connectivity index (χ4n) is 4.41. The molecule has 2 aromatic carbocycles. The van der Waals surface area contributed by atoms with Crippen molar-refractivity contribution in [1.29, 1.82) is 0 Å². The number of nitrogens with zero attached hydrogens (tertiary/aromatic N) is 2. The minimum absolute atomic E-state index is 0.104. The van der Waals surface area contributed by atoms with Crippen molar-refractivity contribution in [2.75, 3.05) is 49.5 Å². The molecule has 0 aromatic heterocycles. The van der Waals surface area contributed by atoms with Gasteiger partial charge in [0.15, 0.2) is 9.84 Å². The average Bonchev–Trinajstić information content (AvgIpc) is 3.18. The van der Waals surface area contributed by atoms with Gasteiger partial charge in [-0.15, -0.1) is 0 Å². The van der Waals surface area contributed by atoms with Gasteiger partial charge in [-0.3, -0.25) is 19.4 Å². The lowest BCUT2D eigenvalue weighted by Gasteiger charge is -2.37. The molecule has 0 radical (unpaired) electrons. The zero-order chi connectivity index (χ0) is 23.3. The molecule has 0 saturated carbocycles. The molecule has 2 saturated heterocycles. The first kappa shape index (κ1) is 23.4. The molecule has 2 aromatic rings. The number of carbonyl (C=O) groups excluding carboxylic acids is 2. The van der Waals surface area contributed by atoms with Crippen LogP contribution in [0.2, 0.25) is 0 Å².